The zero-order valence-corrected chi connectivity index (χ0v) is 9.18. The zero-order valence-electron chi connectivity index (χ0n) is 8.24. The third kappa shape index (κ3) is 1.49. The molecule has 0 atom stereocenters. The molecule has 0 aliphatic carbocycles. The van der Waals surface area contributed by atoms with Crippen LogP contribution in [0.15, 0.2) is 42.5 Å². The van der Waals surface area contributed by atoms with Gasteiger partial charge in [-0.3, -0.25) is 0 Å². The van der Waals surface area contributed by atoms with Crippen LogP contribution in [0.3, 0.4) is 0 Å². The SMILES string of the molecule is N#Cc1ccc2[n-]c3ccccc3c2c1.[Cu+]. The van der Waals surface area contributed by atoms with Gasteiger partial charge in [-0.15, -0.1) is 11.0 Å². The van der Waals surface area contributed by atoms with Crippen molar-refractivity contribution >= 4 is 21.8 Å². The minimum absolute atomic E-state index is 0. The molecule has 0 N–H and O–H groups in total. The first kappa shape index (κ1) is 10.8. The average Bonchev–Trinajstić information content (AvgIpc) is 2.66. The predicted molar refractivity (Wildman–Crippen MR) is 59.5 cm³/mol. The fraction of sp³-hybridized carbons (Fsp3) is 0. The first-order valence-electron chi connectivity index (χ1n) is 4.74. The summed E-state index contributed by atoms with van der Waals surface area (Å²) in [4.78, 5) is 4.48. The Morgan fingerprint density at radius 3 is 2.50 bits per heavy atom. The standard InChI is InChI=1S/C13H7N2.Cu/c14-8-9-5-6-13-11(7-9)10-3-1-2-4-12(10)15-13;/h1-7H;/q-1;+1. The summed E-state index contributed by atoms with van der Waals surface area (Å²) in [5.41, 5.74) is 2.62. The number of rotatable bonds is 0. The van der Waals surface area contributed by atoms with Crippen LogP contribution in [-0.2, 0) is 17.1 Å². The molecule has 0 aliphatic rings. The summed E-state index contributed by atoms with van der Waals surface area (Å²) in [6, 6.07) is 15.7. The van der Waals surface area contributed by atoms with E-state index in [9.17, 15) is 0 Å². The van der Waals surface area contributed by atoms with Gasteiger partial charge < -0.3 is 4.98 Å². The number of fused-ring (bicyclic) bond motifs is 3. The van der Waals surface area contributed by atoms with Crippen molar-refractivity contribution in [2.45, 2.75) is 0 Å². The van der Waals surface area contributed by atoms with E-state index in [1.807, 2.05) is 36.4 Å². The Balaban J connectivity index is 0.000000963. The molecule has 2 aromatic carbocycles. The maximum absolute atomic E-state index is 8.84. The van der Waals surface area contributed by atoms with E-state index < -0.39 is 0 Å². The van der Waals surface area contributed by atoms with Crippen molar-refractivity contribution in [1.82, 2.24) is 4.98 Å². The Kier molecular flexibility index (Phi) is 2.70. The van der Waals surface area contributed by atoms with Gasteiger partial charge in [0.15, 0.2) is 0 Å². The van der Waals surface area contributed by atoms with Gasteiger partial charge in [0.2, 0.25) is 0 Å². The van der Waals surface area contributed by atoms with Gasteiger partial charge in [-0.2, -0.15) is 5.26 Å². The summed E-state index contributed by atoms with van der Waals surface area (Å²) in [6.45, 7) is 0. The van der Waals surface area contributed by atoms with E-state index in [0.717, 1.165) is 21.8 Å². The maximum Gasteiger partial charge on any atom is 1.00 e. The first-order valence-corrected chi connectivity index (χ1v) is 4.74. The molecule has 3 aromatic rings. The fourth-order valence-corrected chi connectivity index (χ4v) is 1.85. The normalized spacial score (nSPS) is 9.94. The maximum atomic E-state index is 8.84. The second-order valence-electron chi connectivity index (χ2n) is 3.47. The van der Waals surface area contributed by atoms with Crippen LogP contribution in [0.1, 0.15) is 5.56 Å². The van der Waals surface area contributed by atoms with Gasteiger partial charge in [-0.05, 0) is 22.9 Å². The molecule has 0 aliphatic heterocycles. The molecule has 16 heavy (non-hydrogen) atoms. The largest absolute Gasteiger partial charge is 1.00 e. The van der Waals surface area contributed by atoms with Crippen molar-refractivity contribution in [1.29, 1.82) is 5.26 Å². The number of para-hydroxylation sites is 1. The monoisotopic (exact) mass is 254 g/mol. The summed E-state index contributed by atoms with van der Waals surface area (Å²) in [7, 11) is 0. The molecule has 80 valence electrons. The summed E-state index contributed by atoms with van der Waals surface area (Å²) >= 11 is 0. The van der Waals surface area contributed by atoms with Gasteiger partial charge in [-0.25, -0.2) is 0 Å². The van der Waals surface area contributed by atoms with E-state index in [1.54, 1.807) is 6.07 Å². The molecule has 2 nitrogen and oxygen atoms in total. The zero-order chi connectivity index (χ0) is 10.3. The van der Waals surface area contributed by atoms with Gasteiger partial charge in [0.1, 0.15) is 0 Å². The first-order chi connectivity index (χ1) is 7.38. The van der Waals surface area contributed by atoms with E-state index in [-0.39, 0.29) is 17.1 Å². The molecule has 0 bridgehead atoms. The minimum atomic E-state index is 0. The molecular weight excluding hydrogens is 248 g/mol. The predicted octanol–water partition coefficient (Wildman–Crippen LogP) is 2.82. The van der Waals surface area contributed by atoms with E-state index in [1.165, 1.54) is 0 Å². The molecule has 3 heteroatoms. The quantitative estimate of drug-likeness (QED) is 0.579. The number of nitrogens with zero attached hydrogens (tertiary/aromatic N) is 2. The number of hydrogen-bond donors (Lipinski definition) is 0. The van der Waals surface area contributed by atoms with Crippen molar-refractivity contribution in [2.75, 3.05) is 0 Å². The van der Waals surface area contributed by atoms with Crippen LogP contribution in [-0.4, -0.2) is 0 Å². The van der Waals surface area contributed by atoms with Gasteiger partial charge in [0.25, 0.3) is 0 Å². The second kappa shape index (κ2) is 4.02. The van der Waals surface area contributed by atoms with Crippen LogP contribution in [0.4, 0.5) is 0 Å². The molecule has 1 heterocycles. The van der Waals surface area contributed by atoms with Crippen molar-refractivity contribution in [3.05, 3.63) is 48.0 Å². The van der Waals surface area contributed by atoms with E-state index >= 15 is 0 Å². The topological polar surface area (TPSA) is 37.9 Å². The van der Waals surface area contributed by atoms with Gasteiger partial charge in [0.05, 0.1) is 11.6 Å². The molecule has 1 aromatic heterocycles. The van der Waals surface area contributed by atoms with Crippen molar-refractivity contribution in [3.63, 3.8) is 0 Å². The third-order valence-corrected chi connectivity index (χ3v) is 2.56. The summed E-state index contributed by atoms with van der Waals surface area (Å²) in [5.74, 6) is 0. The van der Waals surface area contributed by atoms with Crippen LogP contribution in [0.25, 0.3) is 21.8 Å². The van der Waals surface area contributed by atoms with Crippen molar-refractivity contribution in [3.8, 4) is 6.07 Å². The Hall–Kier alpha value is -1.75. The summed E-state index contributed by atoms with van der Waals surface area (Å²) in [5, 5.41) is 11.0. The van der Waals surface area contributed by atoms with Crippen molar-refractivity contribution < 1.29 is 17.1 Å². The average molecular weight is 255 g/mol. The molecule has 0 radical (unpaired) electrons. The van der Waals surface area contributed by atoms with E-state index in [4.69, 9.17) is 5.26 Å². The summed E-state index contributed by atoms with van der Waals surface area (Å²) in [6.07, 6.45) is 0. The fourth-order valence-electron chi connectivity index (χ4n) is 1.85. The molecule has 0 spiro atoms. The minimum Gasteiger partial charge on any atom is -0.657 e. The van der Waals surface area contributed by atoms with Crippen molar-refractivity contribution in [2.24, 2.45) is 0 Å². The Morgan fingerprint density at radius 1 is 0.938 bits per heavy atom. The van der Waals surface area contributed by atoms with Crippen LogP contribution in [0.5, 0.6) is 0 Å². The molecule has 0 fully saturated rings. The number of nitriles is 1. The number of hydrogen-bond acceptors (Lipinski definition) is 1. The van der Waals surface area contributed by atoms with Crippen LogP contribution in [0, 0.1) is 11.3 Å². The molecule has 0 saturated carbocycles. The Morgan fingerprint density at radius 2 is 1.69 bits per heavy atom. The number of benzene rings is 2. The summed E-state index contributed by atoms with van der Waals surface area (Å²) < 4.78 is 0. The van der Waals surface area contributed by atoms with E-state index in [2.05, 4.69) is 11.1 Å². The van der Waals surface area contributed by atoms with Gasteiger partial charge >= 0.3 is 17.1 Å². The van der Waals surface area contributed by atoms with Crippen LogP contribution in [0.2, 0.25) is 0 Å². The smallest absolute Gasteiger partial charge is 0.657 e. The number of aromatic nitrogens is 1. The third-order valence-electron chi connectivity index (χ3n) is 2.56. The molecule has 0 saturated heterocycles. The second-order valence-corrected chi connectivity index (χ2v) is 3.47. The molecular formula is C13H7CuN2. The molecule has 0 unspecified atom stereocenters. The van der Waals surface area contributed by atoms with Gasteiger partial charge in [-0.1, -0.05) is 30.3 Å². The molecule has 3 rings (SSSR count). The Bertz CT molecular complexity index is 692. The van der Waals surface area contributed by atoms with E-state index in [0.29, 0.717) is 5.56 Å². The van der Waals surface area contributed by atoms with Crippen LogP contribution < -0.4 is 4.98 Å². The van der Waals surface area contributed by atoms with Gasteiger partial charge in [0, 0.05) is 0 Å². The Labute approximate surface area is 103 Å². The van der Waals surface area contributed by atoms with Crippen LogP contribution >= 0.6 is 0 Å². The molecule has 0 amide bonds.